The van der Waals surface area contributed by atoms with E-state index in [4.69, 9.17) is 5.73 Å². The third-order valence-electron chi connectivity index (χ3n) is 4.67. The van der Waals surface area contributed by atoms with Crippen molar-refractivity contribution in [3.63, 3.8) is 0 Å². The largest absolute Gasteiger partial charge is 0.330 e. The highest BCUT2D eigenvalue weighted by molar-refractivity contribution is 7.11. The van der Waals surface area contributed by atoms with Crippen molar-refractivity contribution >= 4 is 11.3 Å². The van der Waals surface area contributed by atoms with Crippen molar-refractivity contribution in [3.8, 4) is 0 Å². The fraction of sp³-hybridized carbons (Fsp3) is 0.812. The van der Waals surface area contributed by atoms with E-state index >= 15 is 0 Å². The van der Waals surface area contributed by atoms with Gasteiger partial charge in [-0.15, -0.1) is 11.3 Å². The fourth-order valence-corrected chi connectivity index (χ4v) is 3.96. The number of thiazole rings is 1. The molecule has 3 nitrogen and oxygen atoms in total. The number of nitrogens with one attached hydrogen (secondary N) is 1. The molecule has 0 spiro atoms. The molecule has 0 amide bonds. The number of hydrogen-bond donors (Lipinski definition) is 2. The van der Waals surface area contributed by atoms with Crippen LogP contribution in [-0.2, 0) is 6.42 Å². The minimum absolute atomic E-state index is 0.315. The third-order valence-corrected chi connectivity index (χ3v) is 6.00. The number of aryl methyl sites for hydroxylation is 1. The molecular formula is C16H29N3S. The second-order valence-electron chi connectivity index (χ2n) is 6.24. The molecule has 4 heteroatoms. The zero-order valence-electron chi connectivity index (χ0n) is 13.0. The van der Waals surface area contributed by atoms with Crippen LogP contribution in [-0.4, -0.2) is 18.1 Å². The first-order chi connectivity index (χ1) is 9.69. The van der Waals surface area contributed by atoms with Gasteiger partial charge in [0.15, 0.2) is 0 Å². The van der Waals surface area contributed by atoms with Gasteiger partial charge in [-0.2, -0.15) is 0 Å². The van der Waals surface area contributed by atoms with Crippen molar-refractivity contribution in [1.82, 2.24) is 10.3 Å². The van der Waals surface area contributed by atoms with Crippen molar-refractivity contribution in [1.29, 1.82) is 0 Å². The Hall–Kier alpha value is -0.450. The predicted molar refractivity (Wildman–Crippen MR) is 87.1 cm³/mol. The molecule has 1 aliphatic carbocycles. The van der Waals surface area contributed by atoms with Crippen LogP contribution in [0.3, 0.4) is 0 Å². The van der Waals surface area contributed by atoms with Crippen LogP contribution in [0.4, 0.5) is 0 Å². The molecule has 1 aromatic rings. The molecule has 114 valence electrons. The van der Waals surface area contributed by atoms with Gasteiger partial charge in [-0.3, -0.25) is 0 Å². The van der Waals surface area contributed by atoms with Gasteiger partial charge in [-0.25, -0.2) is 4.98 Å². The lowest BCUT2D eigenvalue weighted by atomic mass is 9.80. The molecule has 0 aliphatic heterocycles. The average molecular weight is 295 g/mol. The molecule has 1 atom stereocenters. The van der Waals surface area contributed by atoms with Crippen molar-refractivity contribution < 1.29 is 0 Å². The molecule has 1 saturated carbocycles. The summed E-state index contributed by atoms with van der Waals surface area (Å²) in [6.07, 6.45) is 11.1. The van der Waals surface area contributed by atoms with E-state index in [9.17, 15) is 0 Å². The number of hydrogen-bond acceptors (Lipinski definition) is 4. The van der Waals surface area contributed by atoms with Crippen molar-refractivity contribution in [3.05, 3.63) is 16.1 Å². The number of aromatic nitrogens is 1. The van der Waals surface area contributed by atoms with Gasteiger partial charge in [0.1, 0.15) is 5.01 Å². The fourth-order valence-electron chi connectivity index (χ4n) is 3.07. The number of nitrogens with zero attached hydrogens (tertiary/aromatic N) is 1. The summed E-state index contributed by atoms with van der Waals surface area (Å²) in [7, 11) is 0. The molecule has 1 fully saturated rings. The van der Waals surface area contributed by atoms with Crippen LogP contribution in [0.1, 0.15) is 68.3 Å². The van der Waals surface area contributed by atoms with Gasteiger partial charge in [0.25, 0.3) is 0 Å². The number of rotatable bonds is 6. The predicted octanol–water partition coefficient (Wildman–Crippen LogP) is 3.66. The monoisotopic (exact) mass is 295 g/mol. The van der Waals surface area contributed by atoms with Crippen molar-refractivity contribution in [2.75, 3.05) is 13.1 Å². The lowest BCUT2D eigenvalue weighted by molar-refractivity contribution is 0.234. The van der Waals surface area contributed by atoms with Gasteiger partial charge in [-0.05, 0) is 38.1 Å². The van der Waals surface area contributed by atoms with Gasteiger partial charge in [0.05, 0.1) is 6.04 Å². The Morgan fingerprint density at radius 2 is 2.05 bits per heavy atom. The van der Waals surface area contributed by atoms with Crippen molar-refractivity contribution in [2.45, 2.75) is 64.8 Å². The lowest BCUT2D eigenvalue weighted by Gasteiger charge is -2.32. The SMILES string of the molecule is CCc1cnc(C(C)NCC2(CN)CCCCCC2)s1. The van der Waals surface area contributed by atoms with E-state index in [0.29, 0.717) is 11.5 Å². The van der Waals surface area contributed by atoms with Crippen LogP contribution in [0.5, 0.6) is 0 Å². The van der Waals surface area contributed by atoms with Crippen LogP contribution in [0, 0.1) is 5.41 Å². The molecule has 1 aliphatic rings. The van der Waals surface area contributed by atoms with Gasteiger partial charge < -0.3 is 11.1 Å². The van der Waals surface area contributed by atoms with E-state index in [0.717, 1.165) is 19.5 Å². The van der Waals surface area contributed by atoms with E-state index in [2.05, 4.69) is 24.1 Å². The van der Waals surface area contributed by atoms with E-state index in [1.165, 1.54) is 48.4 Å². The van der Waals surface area contributed by atoms with E-state index in [1.54, 1.807) is 0 Å². The Morgan fingerprint density at radius 1 is 1.35 bits per heavy atom. The van der Waals surface area contributed by atoms with Gasteiger partial charge in [0, 0.05) is 17.6 Å². The van der Waals surface area contributed by atoms with Crippen LogP contribution in [0.15, 0.2) is 6.20 Å². The quantitative estimate of drug-likeness (QED) is 0.788. The summed E-state index contributed by atoms with van der Waals surface area (Å²) >= 11 is 1.83. The van der Waals surface area contributed by atoms with Crippen LogP contribution >= 0.6 is 11.3 Å². The maximum atomic E-state index is 6.11. The Kier molecular flexibility index (Phi) is 6.00. The highest BCUT2D eigenvalue weighted by Crippen LogP contribution is 2.34. The molecule has 1 unspecified atom stereocenters. The maximum Gasteiger partial charge on any atom is 0.109 e. The minimum Gasteiger partial charge on any atom is -0.330 e. The second kappa shape index (κ2) is 7.53. The number of nitrogens with two attached hydrogens (primary N) is 1. The standard InChI is InChI=1S/C16H29N3S/c1-3-14-10-18-15(20-14)13(2)19-12-16(11-17)8-6-4-5-7-9-16/h10,13,19H,3-9,11-12,17H2,1-2H3. The normalized spacial score (nSPS) is 20.6. The average Bonchev–Trinajstić information content (AvgIpc) is 2.84. The zero-order chi connectivity index (χ0) is 14.4. The Balaban J connectivity index is 1.91. The maximum absolute atomic E-state index is 6.11. The highest BCUT2D eigenvalue weighted by atomic mass is 32.1. The van der Waals surface area contributed by atoms with Gasteiger partial charge >= 0.3 is 0 Å². The minimum atomic E-state index is 0.315. The molecule has 20 heavy (non-hydrogen) atoms. The zero-order valence-corrected chi connectivity index (χ0v) is 13.8. The van der Waals surface area contributed by atoms with Gasteiger partial charge in [0.2, 0.25) is 0 Å². The van der Waals surface area contributed by atoms with Crippen LogP contribution in [0.2, 0.25) is 0 Å². The summed E-state index contributed by atoms with van der Waals surface area (Å²) in [5.41, 5.74) is 6.42. The topological polar surface area (TPSA) is 50.9 Å². The van der Waals surface area contributed by atoms with Crippen LogP contribution in [0.25, 0.3) is 0 Å². The summed E-state index contributed by atoms with van der Waals surface area (Å²) in [5, 5.41) is 4.90. The summed E-state index contributed by atoms with van der Waals surface area (Å²) in [6.45, 7) is 6.25. The second-order valence-corrected chi connectivity index (χ2v) is 7.39. The smallest absolute Gasteiger partial charge is 0.109 e. The molecule has 0 aromatic carbocycles. The van der Waals surface area contributed by atoms with E-state index in [-0.39, 0.29) is 0 Å². The molecule has 0 radical (unpaired) electrons. The molecule has 0 bridgehead atoms. The summed E-state index contributed by atoms with van der Waals surface area (Å²) in [4.78, 5) is 5.91. The first-order valence-corrected chi connectivity index (χ1v) is 8.89. The first kappa shape index (κ1) is 15.9. The molecule has 1 aromatic heterocycles. The Morgan fingerprint density at radius 3 is 2.60 bits per heavy atom. The summed E-state index contributed by atoms with van der Waals surface area (Å²) in [5.74, 6) is 0. The molecule has 0 saturated heterocycles. The Labute approximate surface area is 127 Å². The molecule has 1 heterocycles. The highest BCUT2D eigenvalue weighted by Gasteiger charge is 2.29. The summed E-state index contributed by atoms with van der Waals surface area (Å²) < 4.78 is 0. The summed E-state index contributed by atoms with van der Waals surface area (Å²) in [6, 6.07) is 0.340. The van der Waals surface area contributed by atoms with E-state index in [1.807, 2.05) is 17.5 Å². The third kappa shape index (κ3) is 4.03. The van der Waals surface area contributed by atoms with Crippen molar-refractivity contribution in [2.24, 2.45) is 11.1 Å². The first-order valence-electron chi connectivity index (χ1n) is 8.07. The van der Waals surface area contributed by atoms with Gasteiger partial charge in [-0.1, -0.05) is 32.6 Å². The van der Waals surface area contributed by atoms with E-state index < -0.39 is 0 Å². The molecular weight excluding hydrogens is 266 g/mol. The van der Waals surface area contributed by atoms with Crippen LogP contribution < -0.4 is 11.1 Å². The Bertz CT molecular complexity index is 394. The lowest BCUT2D eigenvalue weighted by Crippen LogP contribution is -2.41. The molecule has 3 N–H and O–H groups in total. The molecule has 2 rings (SSSR count).